The van der Waals surface area contributed by atoms with Crippen molar-refractivity contribution in [2.45, 2.75) is 51.1 Å². The molecule has 38 heavy (non-hydrogen) atoms. The molecule has 0 aromatic rings. The smallest absolute Gasteiger partial charge is 0.338 e. The van der Waals surface area contributed by atoms with E-state index in [4.69, 9.17) is 0 Å². The van der Waals surface area contributed by atoms with Gasteiger partial charge in [0.05, 0.1) is 6.42 Å². The number of nitrogens with one attached hydrogen (secondary N) is 4. The summed E-state index contributed by atoms with van der Waals surface area (Å²) in [6.07, 6.45) is 0.403. The number of amides is 4. The van der Waals surface area contributed by atoms with E-state index in [9.17, 15) is 32.3 Å². The second-order valence-corrected chi connectivity index (χ2v) is 9.86. The Morgan fingerprint density at radius 2 is 1.92 bits per heavy atom. The summed E-state index contributed by atoms with van der Waals surface area (Å²) in [7, 11) is 0. The number of nitrogens with zero attached hydrogens (tertiary/aromatic N) is 3. The maximum Gasteiger partial charge on any atom is 0.429 e. The van der Waals surface area contributed by atoms with Crippen molar-refractivity contribution in [2.75, 3.05) is 12.3 Å². The summed E-state index contributed by atoms with van der Waals surface area (Å²) >= 11 is 1.07. The molecule has 206 valence electrons. The third-order valence-corrected chi connectivity index (χ3v) is 7.03. The van der Waals surface area contributed by atoms with E-state index in [1.807, 2.05) is 0 Å². The molecule has 0 saturated heterocycles. The van der Waals surface area contributed by atoms with Crippen LogP contribution >= 0.6 is 11.8 Å². The van der Waals surface area contributed by atoms with Gasteiger partial charge >= 0.3 is 12.2 Å². The number of carbonyl (C=O) groups excluding carboxylic acids is 4. The highest BCUT2D eigenvalue weighted by atomic mass is 32.2. The van der Waals surface area contributed by atoms with Crippen molar-refractivity contribution in [3.8, 4) is 0 Å². The summed E-state index contributed by atoms with van der Waals surface area (Å²) in [5.74, 6) is -2.40. The number of halogens is 3. The monoisotopic (exact) mass is 555 g/mol. The molecule has 0 fully saturated rings. The predicted octanol–water partition coefficient (Wildman–Crippen LogP) is 2.18. The van der Waals surface area contributed by atoms with Gasteiger partial charge in [-0.1, -0.05) is 0 Å². The highest BCUT2D eigenvalue weighted by Gasteiger charge is 2.43. The first-order chi connectivity index (χ1) is 18.0. The first kappa shape index (κ1) is 29.1. The van der Waals surface area contributed by atoms with Crippen molar-refractivity contribution in [3.05, 3.63) is 23.5 Å². The molecule has 4 N–H and O–H groups in total. The van der Waals surface area contributed by atoms with Crippen LogP contribution in [0.5, 0.6) is 0 Å². The minimum Gasteiger partial charge on any atom is -0.338 e. The van der Waals surface area contributed by atoms with Crippen LogP contribution in [0.3, 0.4) is 0 Å². The number of rotatable bonds is 6. The summed E-state index contributed by atoms with van der Waals surface area (Å²) < 4.78 is 39.8. The number of Topliss-reactive ketones (excluding diaryl/α,β-unsaturated/α-hetero) is 1. The van der Waals surface area contributed by atoms with Crippen molar-refractivity contribution < 1.29 is 32.3 Å². The molecule has 3 atom stereocenters. The molecular formula is C23H28F3N7O4S. The first-order valence-electron chi connectivity index (χ1n) is 11.9. The minimum absolute atomic E-state index is 0.169. The fourth-order valence-electron chi connectivity index (χ4n) is 4.02. The SMILES string of the molecule is CCNC(=O)NC1=NC=C(C2C=NC=C(C(=O)NNC(=O)CC(C)=O)CC2)C(C2N=C(C(F)(F)F)CS2)C1. The maximum atomic E-state index is 13.3. The van der Waals surface area contributed by atoms with Gasteiger partial charge in [-0.3, -0.25) is 40.5 Å². The zero-order valence-electron chi connectivity index (χ0n) is 20.7. The molecule has 0 bridgehead atoms. The van der Waals surface area contributed by atoms with E-state index in [1.54, 1.807) is 13.1 Å². The van der Waals surface area contributed by atoms with E-state index < -0.39 is 41.0 Å². The molecule has 3 aliphatic heterocycles. The number of thioether (sulfide) groups is 1. The van der Waals surface area contributed by atoms with Crippen LogP contribution in [-0.2, 0) is 14.4 Å². The first-order valence-corrected chi connectivity index (χ1v) is 12.9. The lowest BCUT2D eigenvalue weighted by molar-refractivity contribution is -0.130. The van der Waals surface area contributed by atoms with E-state index in [1.165, 1.54) is 19.3 Å². The Morgan fingerprint density at radius 1 is 1.16 bits per heavy atom. The van der Waals surface area contributed by atoms with Crippen LogP contribution in [0.1, 0.15) is 39.5 Å². The predicted molar refractivity (Wildman–Crippen MR) is 136 cm³/mol. The van der Waals surface area contributed by atoms with Crippen LogP contribution in [0.2, 0.25) is 0 Å². The van der Waals surface area contributed by atoms with Gasteiger partial charge in [0, 0.05) is 54.7 Å². The Balaban J connectivity index is 1.73. The Labute approximate surface area is 220 Å². The fourth-order valence-corrected chi connectivity index (χ4v) is 5.28. The normalized spacial score (nSPS) is 23.2. The number of amidine groups is 1. The number of hydrogen-bond acceptors (Lipinski definition) is 8. The van der Waals surface area contributed by atoms with Gasteiger partial charge in [-0.15, -0.1) is 11.8 Å². The van der Waals surface area contributed by atoms with E-state index in [-0.39, 0.29) is 42.3 Å². The summed E-state index contributed by atoms with van der Waals surface area (Å²) in [6, 6.07) is -0.466. The molecule has 4 amide bonds. The van der Waals surface area contributed by atoms with E-state index in [2.05, 4.69) is 36.5 Å². The Hall–Kier alpha value is -3.49. The van der Waals surface area contributed by atoms with E-state index >= 15 is 0 Å². The fraction of sp³-hybridized carbons (Fsp3) is 0.522. The van der Waals surface area contributed by atoms with Gasteiger partial charge in [-0.2, -0.15) is 13.2 Å². The van der Waals surface area contributed by atoms with Crippen LogP contribution in [0.25, 0.3) is 0 Å². The van der Waals surface area contributed by atoms with Gasteiger partial charge < -0.3 is 5.32 Å². The van der Waals surface area contributed by atoms with Crippen LogP contribution in [0.15, 0.2) is 38.5 Å². The zero-order valence-corrected chi connectivity index (χ0v) is 21.5. The maximum absolute atomic E-state index is 13.3. The molecule has 0 spiro atoms. The van der Waals surface area contributed by atoms with Crippen LogP contribution in [0.4, 0.5) is 18.0 Å². The molecule has 0 radical (unpaired) electrons. The lowest BCUT2D eigenvalue weighted by Crippen LogP contribution is -2.42. The molecule has 0 saturated carbocycles. The van der Waals surface area contributed by atoms with Crippen LogP contribution in [-0.4, -0.2) is 65.2 Å². The molecular weight excluding hydrogens is 527 g/mol. The Kier molecular flexibility index (Phi) is 9.83. The summed E-state index contributed by atoms with van der Waals surface area (Å²) in [6.45, 7) is 3.39. The number of ketones is 1. The van der Waals surface area contributed by atoms with Crippen molar-refractivity contribution in [2.24, 2.45) is 26.8 Å². The highest BCUT2D eigenvalue weighted by Crippen LogP contribution is 2.41. The number of hydrogen-bond donors (Lipinski definition) is 4. The third-order valence-electron chi connectivity index (χ3n) is 5.82. The standard InChI is InChI=1S/C23H28F3N7O4S/c1-3-28-22(37)31-18-7-15(21-30-17(11-38-21)23(24,25)26)16(10-29-18)13-4-5-14(9-27-8-13)20(36)33-32-19(35)6-12(2)34/h8-10,13,15,21H,3-7,11H2,1-2H3,(H,32,35)(H,33,36)(H2,28,29,31,37). The van der Waals surface area contributed by atoms with Gasteiger partial charge in [0.2, 0.25) is 5.91 Å². The Morgan fingerprint density at radius 3 is 2.58 bits per heavy atom. The largest absolute Gasteiger partial charge is 0.429 e. The number of alkyl halides is 3. The Bertz CT molecular complexity index is 1130. The molecule has 3 unspecified atom stereocenters. The van der Waals surface area contributed by atoms with Crippen molar-refractivity contribution in [1.82, 2.24) is 21.5 Å². The molecule has 3 aliphatic rings. The van der Waals surface area contributed by atoms with Gasteiger partial charge in [0.15, 0.2) is 0 Å². The molecule has 3 rings (SSSR count). The van der Waals surface area contributed by atoms with Crippen molar-refractivity contribution in [1.29, 1.82) is 0 Å². The highest BCUT2D eigenvalue weighted by molar-refractivity contribution is 8.00. The number of carbonyl (C=O) groups is 4. The molecule has 15 heteroatoms. The third kappa shape index (κ3) is 8.00. The van der Waals surface area contributed by atoms with E-state index in [0.717, 1.165) is 11.8 Å². The quantitative estimate of drug-likeness (QED) is 0.292. The number of hydrazine groups is 1. The molecule has 3 heterocycles. The van der Waals surface area contributed by atoms with Crippen LogP contribution in [0, 0.1) is 11.8 Å². The van der Waals surface area contributed by atoms with Gasteiger partial charge in [-0.05, 0) is 32.3 Å². The average Bonchev–Trinajstić information content (AvgIpc) is 3.22. The molecule has 0 aromatic heterocycles. The number of aliphatic imine (C=N–C) groups is 3. The van der Waals surface area contributed by atoms with Gasteiger partial charge in [0.1, 0.15) is 22.7 Å². The molecule has 0 aliphatic carbocycles. The average molecular weight is 556 g/mol. The van der Waals surface area contributed by atoms with Gasteiger partial charge in [-0.25, -0.2) is 9.79 Å². The zero-order chi connectivity index (χ0) is 27.9. The van der Waals surface area contributed by atoms with Crippen molar-refractivity contribution in [3.63, 3.8) is 0 Å². The van der Waals surface area contributed by atoms with E-state index in [0.29, 0.717) is 24.4 Å². The minimum atomic E-state index is -4.52. The van der Waals surface area contributed by atoms with Crippen molar-refractivity contribution >= 4 is 53.2 Å². The lowest BCUT2D eigenvalue weighted by atomic mass is 9.82. The summed E-state index contributed by atoms with van der Waals surface area (Å²) in [4.78, 5) is 59.6. The topological polar surface area (TPSA) is 153 Å². The second-order valence-electron chi connectivity index (χ2n) is 8.75. The van der Waals surface area contributed by atoms with Gasteiger partial charge in [0.25, 0.3) is 5.91 Å². The molecule has 0 aromatic carbocycles. The summed E-state index contributed by atoms with van der Waals surface area (Å²) in [5.41, 5.74) is 4.54. The molecule has 11 nitrogen and oxygen atoms in total. The lowest BCUT2D eigenvalue weighted by Gasteiger charge is -2.30. The second kappa shape index (κ2) is 12.8. The number of urea groups is 1. The van der Waals surface area contributed by atoms with Crippen LogP contribution < -0.4 is 21.5 Å². The summed E-state index contributed by atoms with van der Waals surface area (Å²) in [5, 5.41) is 4.48.